The van der Waals surface area contributed by atoms with Crippen LogP contribution < -0.4 is 0 Å². The second-order valence-corrected chi connectivity index (χ2v) is 4.90. The van der Waals surface area contributed by atoms with Crippen molar-refractivity contribution in [3.63, 3.8) is 0 Å². The van der Waals surface area contributed by atoms with Crippen molar-refractivity contribution >= 4 is 29.4 Å². The molecule has 4 nitrogen and oxygen atoms in total. The first-order valence-corrected chi connectivity index (χ1v) is 7.16. The van der Waals surface area contributed by atoms with Crippen LogP contribution in [-0.2, 0) is 11.2 Å². The molecule has 0 aliphatic rings. The third-order valence-corrected chi connectivity index (χ3v) is 3.37. The Labute approximate surface area is 124 Å². The summed E-state index contributed by atoms with van der Waals surface area (Å²) in [6.07, 6.45) is 3.71. The van der Waals surface area contributed by atoms with Crippen molar-refractivity contribution in [1.82, 2.24) is 4.98 Å². The summed E-state index contributed by atoms with van der Waals surface area (Å²) in [5.41, 5.74) is 3.00. The summed E-state index contributed by atoms with van der Waals surface area (Å²) in [5, 5.41) is 0. The van der Waals surface area contributed by atoms with Gasteiger partial charge in [-0.3, -0.25) is 4.79 Å². The fraction of sp³-hybridized carbons (Fsp3) is 0.467. The maximum Gasteiger partial charge on any atom is 0.340 e. The Kier molecular flexibility index (Phi) is 6.52. The van der Waals surface area contributed by atoms with Crippen molar-refractivity contribution in [2.24, 2.45) is 0 Å². The standard InChI is InChI=1S/C15H20ClNO3/c1-4-6-11-13(15(19)20-3)12(9-18)17-14(11)10(2)7-5-8-16/h9,17H,2,4-8H2,1,3H3. The summed E-state index contributed by atoms with van der Waals surface area (Å²) in [5.74, 6) is 0.0518. The molecule has 1 heterocycles. The predicted octanol–water partition coefficient (Wildman–Crippen LogP) is 3.60. The first kappa shape index (κ1) is 16.5. The van der Waals surface area contributed by atoms with Gasteiger partial charge in [-0.15, -0.1) is 11.6 Å². The number of carbonyl (C=O) groups is 2. The van der Waals surface area contributed by atoms with Crippen LogP contribution in [0.5, 0.6) is 0 Å². The Bertz CT molecular complexity index is 505. The molecule has 0 aliphatic carbocycles. The average Bonchev–Trinajstić information content (AvgIpc) is 2.83. The molecule has 1 aromatic heterocycles. The van der Waals surface area contributed by atoms with Crippen LogP contribution in [0.25, 0.3) is 5.57 Å². The molecule has 0 saturated carbocycles. The zero-order chi connectivity index (χ0) is 15.1. The zero-order valence-electron chi connectivity index (χ0n) is 11.9. The SMILES string of the molecule is C=C(CCCCl)c1[nH]c(C=O)c(C(=O)OC)c1CCC. The van der Waals surface area contributed by atoms with E-state index in [0.29, 0.717) is 24.2 Å². The van der Waals surface area contributed by atoms with E-state index in [2.05, 4.69) is 11.6 Å². The molecule has 1 N–H and O–H groups in total. The number of rotatable bonds is 8. The molecule has 0 unspecified atom stereocenters. The fourth-order valence-electron chi connectivity index (χ4n) is 2.19. The number of hydrogen-bond donors (Lipinski definition) is 1. The summed E-state index contributed by atoms with van der Waals surface area (Å²) >= 11 is 5.69. The summed E-state index contributed by atoms with van der Waals surface area (Å²) < 4.78 is 4.77. The Morgan fingerprint density at radius 1 is 1.50 bits per heavy atom. The number of esters is 1. The lowest BCUT2D eigenvalue weighted by Crippen LogP contribution is -2.07. The van der Waals surface area contributed by atoms with Gasteiger partial charge in [0.25, 0.3) is 0 Å². The minimum Gasteiger partial charge on any atom is -0.465 e. The Hall–Kier alpha value is -1.55. The summed E-state index contributed by atoms with van der Waals surface area (Å²) in [7, 11) is 1.31. The zero-order valence-corrected chi connectivity index (χ0v) is 12.7. The van der Waals surface area contributed by atoms with Gasteiger partial charge in [-0.1, -0.05) is 19.9 Å². The summed E-state index contributed by atoms with van der Waals surface area (Å²) in [6, 6.07) is 0. The topological polar surface area (TPSA) is 59.2 Å². The van der Waals surface area contributed by atoms with Gasteiger partial charge >= 0.3 is 5.97 Å². The van der Waals surface area contributed by atoms with Gasteiger partial charge < -0.3 is 9.72 Å². The largest absolute Gasteiger partial charge is 0.465 e. The number of halogens is 1. The molecule has 0 aliphatic heterocycles. The van der Waals surface area contributed by atoms with Crippen molar-refractivity contribution in [3.05, 3.63) is 29.1 Å². The number of carbonyl (C=O) groups excluding carboxylic acids is 2. The second kappa shape index (κ2) is 7.90. The number of allylic oxidation sites excluding steroid dienone is 1. The number of ether oxygens (including phenoxy) is 1. The second-order valence-electron chi connectivity index (χ2n) is 4.52. The first-order valence-electron chi connectivity index (χ1n) is 6.63. The van der Waals surface area contributed by atoms with E-state index < -0.39 is 5.97 Å². The number of alkyl halides is 1. The summed E-state index contributed by atoms with van der Waals surface area (Å²) in [4.78, 5) is 26.0. The number of methoxy groups -OCH3 is 1. The average molecular weight is 298 g/mol. The Morgan fingerprint density at radius 3 is 2.70 bits per heavy atom. The number of aromatic amines is 1. The van der Waals surface area contributed by atoms with E-state index in [1.165, 1.54) is 7.11 Å². The van der Waals surface area contributed by atoms with Gasteiger partial charge in [0.2, 0.25) is 0 Å². The van der Waals surface area contributed by atoms with E-state index in [9.17, 15) is 9.59 Å². The third kappa shape index (κ3) is 3.51. The van der Waals surface area contributed by atoms with Crippen molar-refractivity contribution < 1.29 is 14.3 Å². The van der Waals surface area contributed by atoms with E-state index in [0.717, 1.165) is 36.1 Å². The Morgan fingerprint density at radius 2 is 2.20 bits per heavy atom. The quantitative estimate of drug-likeness (QED) is 0.453. The highest BCUT2D eigenvalue weighted by Gasteiger charge is 2.23. The molecule has 1 aromatic rings. The highest BCUT2D eigenvalue weighted by molar-refractivity contribution is 6.17. The molecule has 0 spiro atoms. The number of aldehydes is 1. The highest BCUT2D eigenvalue weighted by atomic mass is 35.5. The molecule has 0 amide bonds. The molecule has 0 aromatic carbocycles. The Balaban J connectivity index is 3.29. The van der Waals surface area contributed by atoms with Crippen molar-refractivity contribution in [2.45, 2.75) is 32.6 Å². The first-order chi connectivity index (χ1) is 9.60. The molecular weight excluding hydrogens is 278 g/mol. The smallest absolute Gasteiger partial charge is 0.340 e. The van der Waals surface area contributed by atoms with Gasteiger partial charge in [0, 0.05) is 11.6 Å². The number of nitrogens with one attached hydrogen (secondary N) is 1. The lowest BCUT2D eigenvalue weighted by Gasteiger charge is -2.07. The molecule has 5 heteroatoms. The fourth-order valence-corrected chi connectivity index (χ4v) is 2.32. The van der Waals surface area contributed by atoms with Gasteiger partial charge in [-0.05, 0) is 30.4 Å². The van der Waals surface area contributed by atoms with E-state index in [4.69, 9.17) is 16.3 Å². The minimum absolute atomic E-state index is 0.252. The maximum atomic E-state index is 11.9. The van der Waals surface area contributed by atoms with Gasteiger partial charge in [0.05, 0.1) is 18.4 Å². The molecular formula is C15H20ClNO3. The number of H-pyrrole nitrogens is 1. The van der Waals surface area contributed by atoms with Crippen LogP contribution in [0.4, 0.5) is 0 Å². The van der Waals surface area contributed by atoms with Gasteiger partial charge in [-0.25, -0.2) is 4.79 Å². The summed E-state index contributed by atoms with van der Waals surface area (Å²) in [6.45, 7) is 6.04. The van der Waals surface area contributed by atoms with E-state index in [1.807, 2.05) is 6.92 Å². The molecule has 20 heavy (non-hydrogen) atoms. The van der Waals surface area contributed by atoms with Crippen LogP contribution in [0.3, 0.4) is 0 Å². The van der Waals surface area contributed by atoms with Gasteiger partial charge in [0.15, 0.2) is 6.29 Å². The van der Waals surface area contributed by atoms with E-state index >= 15 is 0 Å². The van der Waals surface area contributed by atoms with Crippen LogP contribution in [0.1, 0.15) is 58.3 Å². The maximum absolute atomic E-state index is 11.9. The van der Waals surface area contributed by atoms with Crippen LogP contribution in [-0.4, -0.2) is 30.2 Å². The molecule has 0 saturated heterocycles. The van der Waals surface area contributed by atoms with Crippen LogP contribution in [0.15, 0.2) is 6.58 Å². The van der Waals surface area contributed by atoms with Crippen molar-refractivity contribution in [3.8, 4) is 0 Å². The van der Waals surface area contributed by atoms with Gasteiger partial charge in [0.1, 0.15) is 0 Å². The molecule has 0 bridgehead atoms. The van der Waals surface area contributed by atoms with E-state index in [1.54, 1.807) is 0 Å². The molecule has 0 fully saturated rings. The predicted molar refractivity (Wildman–Crippen MR) is 80.5 cm³/mol. The lowest BCUT2D eigenvalue weighted by atomic mass is 9.99. The van der Waals surface area contributed by atoms with Crippen molar-refractivity contribution in [1.29, 1.82) is 0 Å². The van der Waals surface area contributed by atoms with Gasteiger partial charge in [-0.2, -0.15) is 0 Å². The monoisotopic (exact) mass is 297 g/mol. The van der Waals surface area contributed by atoms with Crippen LogP contribution in [0, 0.1) is 0 Å². The lowest BCUT2D eigenvalue weighted by molar-refractivity contribution is 0.0597. The number of aromatic nitrogens is 1. The van der Waals surface area contributed by atoms with Crippen LogP contribution >= 0.6 is 11.6 Å². The molecule has 0 radical (unpaired) electrons. The number of hydrogen-bond acceptors (Lipinski definition) is 3. The minimum atomic E-state index is -0.497. The van der Waals surface area contributed by atoms with E-state index in [-0.39, 0.29) is 5.69 Å². The molecule has 0 atom stereocenters. The normalized spacial score (nSPS) is 10.3. The molecule has 110 valence electrons. The highest BCUT2D eigenvalue weighted by Crippen LogP contribution is 2.28. The third-order valence-electron chi connectivity index (χ3n) is 3.11. The molecule has 1 rings (SSSR count). The van der Waals surface area contributed by atoms with Crippen molar-refractivity contribution in [2.75, 3.05) is 13.0 Å². The van der Waals surface area contributed by atoms with Crippen LogP contribution in [0.2, 0.25) is 0 Å².